The van der Waals surface area contributed by atoms with Crippen LogP contribution in [0, 0.1) is 12.8 Å². The van der Waals surface area contributed by atoms with Crippen molar-refractivity contribution in [1.82, 2.24) is 10.2 Å². The molecule has 2 heterocycles. The summed E-state index contributed by atoms with van der Waals surface area (Å²) in [5.74, 6) is -1.39. The molecule has 2 aromatic rings. The highest BCUT2D eigenvalue weighted by Gasteiger charge is 2.29. The molecule has 1 aliphatic heterocycles. The van der Waals surface area contributed by atoms with Crippen molar-refractivity contribution in [2.45, 2.75) is 26.2 Å². The summed E-state index contributed by atoms with van der Waals surface area (Å²) in [6.45, 7) is 1.89. The van der Waals surface area contributed by atoms with Crippen molar-refractivity contribution in [2.24, 2.45) is 5.92 Å². The van der Waals surface area contributed by atoms with E-state index in [-0.39, 0.29) is 24.4 Å². The van der Waals surface area contributed by atoms with E-state index in [1.165, 1.54) is 19.1 Å². The summed E-state index contributed by atoms with van der Waals surface area (Å²) in [5.41, 5.74) is 0.486. The summed E-state index contributed by atoms with van der Waals surface area (Å²) < 4.78 is 16.1. The first-order valence-electron chi connectivity index (χ1n) is 10.2. The number of carbonyl (C=O) groups is 3. The molecule has 1 fully saturated rings. The number of carbonyl (C=O) groups excluding carboxylic acids is 2. The standard InChI is InChI=1S/C22H26N2O8/c1-12-15(22(29)32-17-8-14(30-2)7-16(31-3)20(12)17)9-18(25)24-6-4-5-13(11-24)21(28)23-10-19(26)27/h7-8,13H,4-6,9-11H2,1-3H3,(H,23,28)(H,26,27). The number of carboxylic acids is 1. The lowest BCUT2D eigenvalue weighted by Crippen LogP contribution is -2.46. The number of hydrogen-bond acceptors (Lipinski definition) is 7. The second-order valence-corrected chi connectivity index (χ2v) is 7.66. The zero-order valence-corrected chi connectivity index (χ0v) is 18.2. The highest BCUT2D eigenvalue weighted by Crippen LogP contribution is 2.34. The second kappa shape index (κ2) is 9.71. The lowest BCUT2D eigenvalue weighted by Gasteiger charge is -2.32. The lowest BCUT2D eigenvalue weighted by molar-refractivity contribution is -0.140. The first-order valence-corrected chi connectivity index (χ1v) is 10.2. The molecule has 1 aromatic heterocycles. The maximum Gasteiger partial charge on any atom is 0.340 e. The number of hydrogen-bond donors (Lipinski definition) is 2. The molecule has 0 spiro atoms. The molecule has 1 aromatic carbocycles. The van der Waals surface area contributed by atoms with Crippen molar-refractivity contribution in [1.29, 1.82) is 0 Å². The van der Waals surface area contributed by atoms with Gasteiger partial charge in [-0.1, -0.05) is 0 Å². The van der Waals surface area contributed by atoms with E-state index in [9.17, 15) is 19.2 Å². The van der Waals surface area contributed by atoms with Gasteiger partial charge in [0.1, 0.15) is 23.6 Å². The predicted octanol–water partition coefficient (Wildman–Crippen LogP) is 1.10. The van der Waals surface area contributed by atoms with Gasteiger partial charge in [-0.3, -0.25) is 14.4 Å². The van der Waals surface area contributed by atoms with Gasteiger partial charge in [0.2, 0.25) is 11.8 Å². The second-order valence-electron chi connectivity index (χ2n) is 7.66. The molecular formula is C22H26N2O8. The van der Waals surface area contributed by atoms with Gasteiger partial charge >= 0.3 is 11.6 Å². The molecule has 1 saturated heterocycles. The Morgan fingerprint density at radius 2 is 2.00 bits per heavy atom. The molecule has 3 rings (SSSR count). The number of aliphatic carboxylic acids is 1. The van der Waals surface area contributed by atoms with E-state index in [1.54, 1.807) is 19.1 Å². The van der Waals surface area contributed by atoms with Crippen molar-refractivity contribution in [2.75, 3.05) is 33.9 Å². The van der Waals surface area contributed by atoms with Crippen LogP contribution in [-0.4, -0.2) is 61.6 Å². The Balaban J connectivity index is 1.82. The van der Waals surface area contributed by atoms with Crippen molar-refractivity contribution in [3.8, 4) is 11.5 Å². The van der Waals surface area contributed by atoms with E-state index in [1.807, 2.05) is 0 Å². The van der Waals surface area contributed by atoms with Crippen molar-refractivity contribution in [3.63, 3.8) is 0 Å². The van der Waals surface area contributed by atoms with Gasteiger partial charge in [0, 0.05) is 25.2 Å². The van der Waals surface area contributed by atoms with Gasteiger partial charge in [0.05, 0.1) is 37.5 Å². The Labute approximate surface area is 184 Å². The molecule has 1 atom stereocenters. The molecule has 0 aliphatic carbocycles. The minimum Gasteiger partial charge on any atom is -0.496 e. The zero-order chi connectivity index (χ0) is 23.4. The van der Waals surface area contributed by atoms with Gasteiger partial charge in [-0.15, -0.1) is 0 Å². The Morgan fingerprint density at radius 1 is 1.25 bits per heavy atom. The number of nitrogens with zero attached hydrogens (tertiary/aromatic N) is 1. The summed E-state index contributed by atoms with van der Waals surface area (Å²) >= 11 is 0. The number of fused-ring (bicyclic) bond motifs is 1. The third-order valence-electron chi connectivity index (χ3n) is 5.66. The molecule has 10 nitrogen and oxygen atoms in total. The van der Waals surface area contributed by atoms with Gasteiger partial charge in [-0.2, -0.15) is 0 Å². The number of rotatable bonds is 7. The smallest absolute Gasteiger partial charge is 0.340 e. The maximum atomic E-state index is 13.0. The highest BCUT2D eigenvalue weighted by atomic mass is 16.5. The fraction of sp³-hybridized carbons (Fsp3) is 0.455. The largest absolute Gasteiger partial charge is 0.496 e. The first-order chi connectivity index (χ1) is 15.2. The average molecular weight is 446 g/mol. The summed E-state index contributed by atoms with van der Waals surface area (Å²) in [7, 11) is 2.99. The maximum absolute atomic E-state index is 13.0. The van der Waals surface area contributed by atoms with Gasteiger partial charge in [-0.25, -0.2) is 4.79 Å². The third kappa shape index (κ3) is 4.84. The molecule has 1 aliphatic rings. The monoisotopic (exact) mass is 446 g/mol. The van der Waals surface area contributed by atoms with Crippen molar-refractivity contribution in [3.05, 3.63) is 33.7 Å². The molecule has 1 unspecified atom stereocenters. The molecule has 172 valence electrons. The van der Waals surface area contributed by atoms with Crippen LogP contribution in [0.15, 0.2) is 21.3 Å². The number of nitrogens with one attached hydrogen (secondary N) is 1. The van der Waals surface area contributed by atoms with Crippen LogP contribution >= 0.6 is 0 Å². The minimum atomic E-state index is -1.13. The van der Waals surface area contributed by atoms with E-state index >= 15 is 0 Å². The van der Waals surface area contributed by atoms with Gasteiger partial charge in [0.15, 0.2) is 0 Å². The SMILES string of the molecule is COc1cc(OC)c2c(C)c(CC(=O)N3CCCC(C(=O)NCC(=O)O)C3)c(=O)oc2c1. The average Bonchev–Trinajstić information content (AvgIpc) is 2.78. The first kappa shape index (κ1) is 23.1. The Hall–Kier alpha value is -3.56. The lowest BCUT2D eigenvalue weighted by atomic mass is 9.96. The number of ether oxygens (including phenoxy) is 2. The van der Waals surface area contributed by atoms with E-state index in [0.717, 1.165) is 0 Å². The Kier molecular flexibility index (Phi) is 7.01. The van der Waals surface area contributed by atoms with Crippen LogP contribution in [0.2, 0.25) is 0 Å². The topological polar surface area (TPSA) is 135 Å². The van der Waals surface area contributed by atoms with Crippen LogP contribution in [-0.2, 0) is 20.8 Å². The molecule has 10 heteroatoms. The number of benzene rings is 1. The third-order valence-corrected chi connectivity index (χ3v) is 5.66. The number of amides is 2. The van der Waals surface area contributed by atoms with Crippen LogP contribution in [0.3, 0.4) is 0 Å². The van der Waals surface area contributed by atoms with Crippen LogP contribution in [0.1, 0.15) is 24.0 Å². The molecule has 2 N–H and O–H groups in total. The van der Waals surface area contributed by atoms with E-state index in [4.69, 9.17) is 19.0 Å². The number of likely N-dealkylation sites (tertiary alicyclic amines) is 1. The van der Waals surface area contributed by atoms with Crippen LogP contribution in [0.5, 0.6) is 11.5 Å². The summed E-state index contributed by atoms with van der Waals surface area (Å²) in [5, 5.41) is 11.7. The minimum absolute atomic E-state index is 0.169. The number of carboxylic acid groups (broad SMARTS) is 1. The van der Waals surface area contributed by atoms with E-state index in [2.05, 4.69) is 5.32 Å². The fourth-order valence-electron chi connectivity index (χ4n) is 3.95. The van der Waals surface area contributed by atoms with Gasteiger partial charge < -0.3 is 29.2 Å². The number of methoxy groups -OCH3 is 2. The van der Waals surface area contributed by atoms with Gasteiger partial charge in [0.25, 0.3) is 0 Å². The predicted molar refractivity (Wildman–Crippen MR) is 114 cm³/mol. The molecule has 32 heavy (non-hydrogen) atoms. The molecule has 2 amide bonds. The van der Waals surface area contributed by atoms with Crippen molar-refractivity contribution >= 4 is 28.8 Å². The summed E-state index contributed by atoms with van der Waals surface area (Å²) in [4.78, 5) is 50.0. The van der Waals surface area contributed by atoms with Crippen LogP contribution in [0.25, 0.3) is 11.0 Å². The fourth-order valence-corrected chi connectivity index (χ4v) is 3.95. The molecule has 0 radical (unpaired) electrons. The molecular weight excluding hydrogens is 420 g/mol. The number of aryl methyl sites for hydroxylation is 1. The van der Waals surface area contributed by atoms with Crippen LogP contribution in [0.4, 0.5) is 0 Å². The van der Waals surface area contributed by atoms with E-state index < -0.39 is 30.0 Å². The number of piperidine rings is 1. The normalized spacial score (nSPS) is 16.0. The zero-order valence-electron chi connectivity index (χ0n) is 18.2. The highest BCUT2D eigenvalue weighted by molar-refractivity contribution is 5.90. The molecule has 0 bridgehead atoms. The Morgan fingerprint density at radius 3 is 2.66 bits per heavy atom. The van der Waals surface area contributed by atoms with Crippen LogP contribution < -0.4 is 20.4 Å². The van der Waals surface area contributed by atoms with Gasteiger partial charge in [-0.05, 0) is 25.3 Å². The van der Waals surface area contributed by atoms with E-state index in [0.29, 0.717) is 47.4 Å². The van der Waals surface area contributed by atoms with Crippen molar-refractivity contribution < 1.29 is 33.4 Å². The quantitative estimate of drug-likeness (QED) is 0.604. The Bertz CT molecular complexity index is 1110. The molecule has 0 saturated carbocycles. The summed E-state index contributed by atoms with van der Waals surface area (Å²) in [6, 6.07) is 3.26. The summed E-state index contributed by atoms with van der Waals surface area (Å²) in [6.07, 6.45) is 0.990.